The first-order valence-corrected chi connectivity index (χ1v) is 11.3. The zero-order chi connectivity index (χ0) is 22.9. The Morgan fingerprint density at radius 2 is 1.56 bits per heavy atom. The molecule has 6 heteroatoms. The number of rotatable bonds is 11. The lowest BCUT2D eigenvalue weighted by atomic mass is 10.1. The summed E-state index contributed by atoms with van der Waals surface area (Å²) < 4.78 is 23.5. The Kier molecular flexibility index (Phi) is 8.82. The molecular formula is C26H30BrNO4. The van der Waals surface area contributed by atoms with Gasteiger partial charge in [-0.1, -0.05) is 51.8 Å². The quantitative estimate of drug-likeness (QED) is 0.343. The third kappa shape index (κ3) is 6.17. The molecule has 5 nitrogen and oxygen atoms in total. The normalized spacial score (nSPS) is 10.7. The van der Waals surface area contributed by atoms with Crippen molar-refractivity contribution in [2.24, 2.45) is 0 Å². The van der Waals surface area contributed by atoms with Crippen LogP contribution in [0.2, 0.25) is 0 Å². The summed E-state index contributed by atoms with van der Waals surface area (Å²) in [5.74, 6) is 2.95. The molecule has 0 bridgehead atoms. The van der Waals surface area contributed by atoms with Crippen molar-refractivity contribution in [3.05, 3.63) is 81.3 Å². The first-order valence-electron chi connectivity index (χ1n) is 10.5. The Labute approximate surface area is 198 Å². The summed E-state index contributed by atoms with van der Waals surface area (Å²) >= 11 is 3.67. The summed E-state index contributed by atoms with van der Waals surface area (Å²) in [5.41, 5.74) is 4.55. The third-order valence-corrected chi connectivity index (χ3v) is 5.94. The predicted molar refractivity (Wildman–Crippen MR) is 131 cm³/mol. The van der Waals surface area contributed by atoms with Crippen molar-refractivity contribution in [2.75, 3.05) is 27.9 Å². The average Bonchev–Trinajstić information content (AvgIpc) is 2.81. The second-order valence-electron chi connectivity index (χ2n) is 7.45. The third-order valence-electron chi connectivity index (χ3n) is 5.19. The van der Waals surface area contributed by atoms with Crippen LogP contribution in [0, 0.1) is 6.92 Å². The van der Waals surface area contributed by atoms with Crippen LogP contribution in [0.4, 0.5) is 0 Å². The number of halogens is 1. The molecule has 0 atom stereocenters. The molecule has 0 unspecified atom stereocenters. The molecule has 0 heterocycles. The van der Waals surface area contributed by atoms with E-state index in [2.05, 4.69) is 52.4 Å². The Bertz CT molecular complexity index is 1040. The van der Waals surface area contributed by atoms with Crippen LogP contribution in [0.15, 0.2) is 59.1 Å². The minimum atomic E-state index is 0.479. The van der Waals surface area contributed by atoms with Gasteiger partial charge in [0.15, 0.2) is 23.0 Å². The maximum atomic E-state index is 6.23. The summed E-state index contributed by atoms with van der Waals surface area (Å²) in [7, 11) is 4.96. The lowest BCUT2D eigenvalue weighted by Gasteiger charge is -2.17. The molecular weight excluding hydrogens is 470 g/mol. The van der Waals surface area contributed by atoms with E-state index in [0.717, 1.165) is 51.6 Å². The van der Waals surface area contributed by atoms with Crippen LogP contribution in [-0.2, 0) is 19.6 Å². The molecule has 0 aliphatic carbocycles. The predicted octanol–water partition coefficient (Wildman–Crippen LogP) is 5.69. The van der Waals surface area contributed by atoms with Crippen molar-refractivity contribution in [3.63, 3.8) is 0 Å². The number of methoxy groups -OCH3 is 3. The van der Waals surface area contributed by atoms with Gasteiger partial charge < -0.3 is 24.3 Å². The van der Waals surface area contributed by atoms with E-state index in [-0.39, 0.29) is 0 Å². The SMILES string of the molecule is COc1ccc(CCNCc2c(Br)ccc(OC)c2OCc2cccc(C)c2)cc1OC. The maximum Gasteiger partial charge on any atom is 0.167 e. The van der Waals surface area contributed by atoms with Crippen LogP contribution >= 0.6 is 15.9 Å². The van der Waals surface area contributed by atoms with Crippen molar-refractivity contribution in [1.29, 1.82) is 0 Å². The van der Waals surface area contributed by atoms with E-state index < -0.39 is 0 Å². The topological polar surface area (TPSA) is 49.0 Å². The Balaban J connectivity index is 1.66. The fraction of sp³-hybridized carbons (Fsp3) is 0.308. The molecule has 0 amide bonds. The molecule has 3 aromatic rings. The highest BCUT2D eigenvalue weighted by Crippen LogP contribution is 2.37. The van der Waals surface area contributed by atoms with Crippen LogP contribution in [0.1, 0.15) is 22.3 Å². The van der Waals surface area contributed by atoms with Gasteiger partial charge in [-0.2, -0.15) is 0 Å². The van der Waals surface area contributed by atoms with E-state index >= 15 is 0 Å². The van der Waals surface area contributed by atoms with Gasteiger partial charge in [0, 0.05) is 16.6 Å². The zero-order valence-corrected chi connectivity index (χ0v) is 20.6. The molecule has 0 saturated heterocycles. The van der Waals surface area contributed by atoms with Gasteiger partial charge in [-0.05, 0) is 55.3 Å². The summed E-state index contributed by atoms with van der Waals surface area (Å²) in [5, 5.41) is 3.52. The summed E-state index contributed by atoms with van der Waals surface area (Å²) in [4.78, 5) is 0. The summed E-state index contributed by atoms with van der Waals surface area (Å²) in [6, 6.07) is 18.2. The van der Waals surface area contributed by atoms with E-state index in [4.69, 9.17) is 18.9 Å². The number of benzene rings is 3. The second kappa shape index (κ2) is 11.8. The van der Waals surface area contributed by atoms with Gasteiger partial charge in [0.1, 0.15) is 6.61 Å². The van der Waals surface area contributed by atoms with E-state index in [1.165, 1.54) is 11.1 Å². The van der Waals surface area contributed by atoms with Gasteiger partial charge in [-0.3, -0.25) is 0 Å². The average molecular weight is 500 g/mol. The molecule has 0 spiro atoms. The van der Waals surface area contributed by atoms with Gasteiger partial charge in [0.05, 0.1) is 21.3 Å². The first kappa shape index (κ1) is 24.0. The number of aryl methyl sites for hydroxylation is 1. The maximum absolute atomic E-state index is 6.23. The number of hydrogen-bond acceptors (Lipinski definition) is 5. The van der Waals surface area contributed by atoms with Gasteiger partial charge in [-0.15, -0.1) is 0 Å². The van der Waals surface area contributed by atoms with Crippen LogP contribution in [-0.4, -0.2) is 27.9 Å². The Morgan fingerprint density at radius 1 is 0.812 bits per heavy atom. The minimum Gasteiger partial charge on any atom is -0.493 e. The summed E-state index contributed by atoms with van der Waals surface area (Å²) in [6.07, 6.45) is 0.863. The second-order valence-corrected chi connectivity index (χ2v) is 8.31. The van der Waals surface area contributed by atoms with Crippen LogP contribution in [0.25, 0.3) is 0 Å². The van der Waals surface area contributed by atoms with E-state index in [1.807, 2.05) is 30.3 Å². The van der Waals surface area contributed by atoms with E-state index in [0.29, 0.717) is 13.2 Å². The molecule has 0 aromatic heterocycles. The minimum absolute atomic E-state index is 0.479. The van der Waals surface area contributed by atoms with Gasteiger partial charge in [-0.25, -0.2) is 0 Å². The molecule has 32 heavy (non-hydrogen) atoms. The van der Waals surface area contributed by atoms with Crippen molar-refractivity contribution >= 4 is 15.9 Å². The molecule has 0 fully saturated rings. The lowest BCUT2D eigenvalue weighted by Crippen LogP contribution is -2.18. The molecule has 0 radical (unpaired) electrons. The lowest BCUT2D eigenvalue weighted by molar-refractivity contribution is 0.280. The van der Waals surface area contributed by atoms with Crippen LogP contribution in [0.5, 0.6) is 23.0 Å². The highest BCUT2D eigenvalue weighted by Gasteiger charge is 2.15. The van der Waals surface area contributed by atoms with Crippen molar-refractivity contribution in [1.82, 2.24) is 5.32 Å². The fourth-order valence-corrected chi connectivity index (χ4v) is 3.96. The molecule has 1 N–H and O–H groups in total. The summed E-state index contributed by atoms with van der Waals surface area (Å²) in [6.45, 7) is 4.01. The molecule has 0 aliphatic rings. The van der Waals surface area contributed by atoms with Crippen LogP contribution in [0.3, 0.4) is 0 Å². The van der Waals surface area contributed by atoms with Gasteiger partial charge in [0.25, 0.3) is 0 Å². The molecule has 0 saturated carbocycles. The van der Waals surface area contributed by atoms with Crippen molar-refractivity contribution < 1.29 is 18.9 Å². The van der Waals surface area contributed by atoms with E-state index in [9.17, 15) is 0 Å². The van der Waals surface area contributed by atoms with E-state index in [1.54, 1.807) is 21.3 Å². The number of hydrogen-bond donors (Lipinski definition) is 1. The highest BCUT2D eigenvalue weighted by molar-refractivity contribution is 9.10. The standard InChI is InChI=1S/C26H30BrNO4/c1-18-6-5-7-20(14-18)17-32-26-21(22(27)9-11-24(26)30-3)16-28-13-12-19-8-10-23(29-2)25(15-19)31-4/h5-11,14-15,28H,12-13,16-17H2,1-4H3. The smallest absolute Gasteiger partial charge is 0.167 e. The molecule has 3 aromatic carbocycles. The highest BCUT2D eigenvalue weighted by atomic mass is 79.9. The molecule has 170 valence electrons. The van der Waals surface area contributed by atoms with Crippen molar-refractivity contribution in [3.8, 4) is 23.0 Å². The largest absolute Gasteiger partial charge is 0.493 e. The van der Waals surface area contributed by atoms with Crippen LogP contribution < -0.4 is 24.3 Å². The van der Waals surface area contributed by atoms with Gasteiger partial charge >= 0.3 is 0 Å². The Morgan fingerprint density at radius 3 is 2.28 bits per heavy atom. The first-order chi connectivity index (χ1) is 15.5. The number of ether oxygens (including phenoxy) is 4. The van der Waals surface area contributed by atoms with Crippen molar-refractivity contribution in [2.45, 2.75) is 26.5 Å². The molecule has 0 aliphatic heterocycles. The molecule has 3 rings (SSSR count). The fourth-order valence-electron chi connectivity index (χ4n) is 3.51. The monoisotopic (exact) mass is 499 g/mol. The zero-order valence-electron chi connectivity index (χ0n) is 19.0. The van der Waals surface area contributed by atoms with Gasteiger partial charge in [0.2, 0.25) is 0 Å². The number of nitrogens with one attached hydrogen (secondary N) is 1. The Hall–Kier alpha value is -2.70.